The zero-order chi connectivity index (χ0) is 17.4. The first-order valence-corrected chi connectivity index (χ1v) is 9.88. The second-order valence-corrected chi connectivity index (χ2v) is 7.67. The number of piperidine rings is 1. The lowest BCUT2D eigenvalue weighted by Crippen LogP contribution is -2.43. The van der Waals surface area contributed by atoms with E-state index in [0.717, 1.165) is 38.6 Å². The predicted octanol–water partition coefficient (Wildman–Crippen LogP) is 3.39. The van der Waals surface area contributed by atoms with E-state index in [1.165, 1.54) is 32.1 Å². The van der Waals surface area contributed by atoms with Crippen molar-refractivity contribution in [2.24, 2.45) is 16.3 Å². The second-order valence-electron chi connectivity index (χ2n) is 7.67. The first-order chi connectivity index (χ1) is 11.6. The fourth-order valence-electron chi connectivity index (χ4n) is 3.75. The quantitative estimate of drug-likeness (QED) is 0.345. The van der Waals surface area contributed by atoms with Gasteiger partial charge in [0.25, 0.3) is 0 Å². The Morgan fingerprint density at radius 2 is 2.00 bits per heavy atom. The van der Waals surface area contributed by atoms with Crippen molar-refractivity contribution in [2.45, 2.75) is 65.7 Å². The number of guanidine groups is 1. The van der Waals surface area contributed by atoms with Gasteiger partial charge in [-0.3, -0.25) is 9.79 Å². The van der Waals surface area contributed by atoms with Gasteiger partial charge in [-0.1, -0.05) is 20.3 Å². The molecule has 2 fully saturated rings. The van der Waals surface area contributed by atoms with Crippen molar-refractivity contribution in [3.05, 3.63) is 0 Å². The third-order valence-corrected chi connectivity index (χ3v) is 5.72. The number of hydrogen-bond acceptors (Lipinski definition) is 2. The first kappa shape index (κ1) is 22.5. The number of hydrogen-bond donors (Lipinski definition) is 2. The number of likely N-dealkylation sites (tertiary alicyclic amines) is 1. The Balaban J connectivity index is 0.00000312. The van der Waals surface area contributed by atoms with Gasteiger partial charge in [0.1, 0.15) is 0 Å². The minimum atomic E-state index is 0. The Hall–Kier alpha value is -0.530. The normalized spacial score (nSPS) is 22.6. The molecule has 1 unspecified atom stereocenters. The van der Waals surface area contributed by atoms with Crippen LogP contribution in [0, 0.1) is 11.3 Å². The number of carbonyl (C=O) groups is 1. The van der Waals surface area contributed by atoms with Gasteiger partial charge in [0.2, 0.25) is 5.91 Å². The SMILES string of the molecule is CCNC(=NCC1(CC)CCC1)NCCC(=O)N1CCCC(C)C1.I. The van der Waals surface area contributed by atoms with E-state index < -0.39 is 0 Å². The fourth-order valence-corrected chi connectivity index (χ4v) is 3.75. The van der Waals surface area contributed by atoms with Crippen LogP contribution in [0.15, 0.2) is 4.99 Å². The summed E-state index contributed by atoms with van der Waals surface area (Å²) in [7, 11) is 0. The van der Waals surface area contributed by atoms with Gasteiger partial charge in [-0.15, -0.1) is 24.0 Å². The average molecular weight is 464 g/mol. The summed E-state index contributed by atoms with van der Waals surface area (Å²) in [6.07, 6.45) is 8.10. The number of carbonyl (C=O) groups excluding carboxylic acids is 1. The van der Waals surface area contributed by atoms with Gasteiger partial charge in [-0.25, -0.2) is 0 Å². The molecular weight excluding hydrogens is 427 g/mol. The summed E-state index contributed by atoms with van der Waals surface area (Å²) >= 11 is 0. The van der Waals surface area contributed by atoms with Crippen LogP contribution < -0.4 is 10.6 Å². The number of rotatable bonds is 7. The van der Waals surface area contributed by atoms with E-state index in [1.807, 2.05) is 4.90 Å². The molecule has 0 aromatic heterocycles. The molecule has 1 heterocycles. The molecule has 0 aromatic rings. The van der Waals surface area contributed by atoms with Crippen LogP contribution in [0.25, 0.3) is 0 Å². The van der Waals surface area contributed by atoms with Gasteiger partial charge in [0, 0.05) is 39.1 Å². The zero-order valence-electron chi connectivity index (χ0n) is 16.3. The largest absolute Gasteiger partial charge is 0.357 e. The van der Waals surface area contributed by atoms with Crippen LogP contribution >= 0.6 is 24.0 Å². The van der Waals surface area contributed by atoms with E-state index in [0.29, 0.717) is 24.3 Å². The number of nitrogens with one attached hydrogen (secondary N) is 2. The molecule has 25 heavy (non-hydrogen) atoms. The fraction of sp³-hybridized carbons (Fsp3) is 0.895. The maximum Gasteiger partial charge on any atom is 0.224 e. The number of halogens is 1. The smallest absolute Gasteiger partial charge is 0.224 e. The van der Waals surface area contributed by atoms with Crippen LogP contribution in [0.3, 0.4) is 0 Å². The maximum absolute atomic E-state index is 12.3. The Morgan fingerprint density at radius 3 is 2.56 bits per heavy atom. The summed E-state index contributed by atoms with van der Waals surface area (Å²) in [6.45, 7) is 10.8. The lowest BCUT2D eigenvalue weighted by Gasteiger charge is -2.40. The van der Waals surface area contributed by atoms with Crippen molar-refractivity contribution < 1.29 is 4.79 Å². The molecule has 146 valence electrons. The molecule has 0 spiro atoms. The highest BCUT2D eigenvalue weighted by Gasteiger charge is 2.34. The Labute approximate surface area is 170 Å². The van der Waals surface area contributed by atoms with Gasteiger partial charge >= 0.3 is 0 Å². The van der Waals surface area contributed by atoms with Crippen LogP contribution in [0.5, 0.6) is 0 Å². The molecule has 2 aliphatic rings. The molecule has 2 N–H and O–H groups in total. The molecule has 6 heteroatoms. The summed E-state index contributed by atoms with van der Waals surface area (Å²) in [6, 6.07) is 0. The van der Waals surface area contributed by atoms with Crippen molar-refractivity contribution in [2.75, 3.05) is 32.7 Å². The zero-order valence-corrected chi connectivity index (χ0v) is 18.6. The standard InChI is InChI=1S/C19H36N4O.HI/c1-4-19(10-7-11-19)15-22-18(20-5-2)21-12-9-17(24)23-13-6-8-16(3)14-23;/h16H,4-15H2,1-3H3,(H2,20,21,22);1H. The molecule has 1 amide bonds. The number of aliphatic imine (C=N–C) groups is 1. The molecule has 1 aliphatic heterocycles. The predicted molar refractivity (Wildman–Crippen MR) is 116 cm³/mol. The Kier molecular flexibility index (Phi) is 10.1. The maximum atomic E-state index is 12.3. The number of nitrogens with zero attached hydrogens (tertiary/aromatic N) is 2. The summed E-state index contributed by atoms with van der Waals surface area (Å²) in [5, 5.41) is 6.64. The molecule has 2 rings (SSSR count). The summed E-state index contributed by atoms with van der Waals surface area (Å²) in [4.78, 5) is 19.1. The van der Waals surface area contributed by atoms with Crippen molar-refractivity contribution in [1.29, 1.82) is 0 Å². The lowest BCUT2D eigenvalue weighted by molar-refractivity contribution is -0.132. The molecular formula is C19H37IN4O. The van der Waals surface area contributed by atoms with Crippen LogP contribution in [0.2, 0.25) is 0 Å². The molecule has 0 bridgehead atoms. The molecule has 1 atom stereocenters. The molecule has 5 nitrogen and oxygen atoms in total. The average Bonchev–Trinajstić information content (AvgIpc) is 2.54. The van der Waals surface area contributed by atoms with Gasteiger partial charge < -0.3 is 15.5 Å². The van der Waals surface area contributed by atoms with Gasteiger partial charge in [0.05, 0.1) is 0 Å². The molecule has 0 radical (unpaired) electrons. The van der Waals surface area contributed by atoms with Crippen LogP contribution in [0.1, 0.15) is 65.7 Å². The third kappa shape index (κ3) is 6.94. The van der Waals surface area contributed by atoms with Crippen molar-refractivity contribution in [3.63, 3.8) is 0 Å². The highest BCUT2D eigenvalue weighted by molar-refractivity contribution is 14.0. The van der Waals surface area contributed by atoms with E-state index in [2.05, 4.69) is 31.4 Å². The van der Waals surface area contributed by atoms with Crippen molar-refractivity contribution in [1.82, 2.24) is 15.5 Å². The van der Waals surface area contributed by atoms with E-state index in [4.69, 9.17) is 4.99 Å². The van der Waals surface area contributed by atoms with Gasteiger partial charge in [-0.2, -0.15) is 0 Å². The van der Waals surface area contributed by atoms with Crippen LogP contribution in [-0.2, 0) is 4.79 Å². The summed E-state index contributed by atoms with van der Waals surface area (Å²) in [5.74, 6) is 1.77. The highest BCUT2D eigenvalue weighted by Crippen LogP contribution is 2.43. The van der Waals surface area contributed by atoms with Crippen LogP contribution in [0.4, 0.5) is 0 Å². The molecule has 0 aromatic carbocycles. The first-order valence-electron chi connectivity index (χ1n) is 9.88. The Bertz CT molecular complexity index is 432. The van der Waals surface area contributed by atoms with Gasteiger partial charge in [-0.05, 0) is 50.4 Å². The van der Waals surface area contributed by atoms with Gasteiger partial charge in [0.15, 0.2) is 5.96 Å². The molecule has 1 aliphatic carbocycles. The third-order valence-electron chi connectivity index (χ3n) is 5.72. The number of amides is 1. The highest BCUT2D eigenvalue weighted by atomic mass is 127. The minimum Gasteiger partial charge on any atom is -0.357 e. The van der Waals surface area contributed by atoms with Crippen LogP contribution in [-0.4, -0.2) is 49.5 Å². The molecule has 1 saturated heterocycles. The van der Waals surface area contributed by atoms with E-state index in [9.17, 15) is 4.79 Å². The summed E-state index contributed by atoms with van der Waals surface area (Å²) < 4.78 is 0. The monoisotopic (exact) mass is 464 g/mol. The van der Waals surface area contributed by atoms with E-state index in [1.54, 1.807) is 0 Å². The second kappa shape index (κ2) is 11.2. The topological polar surface area (TPSA) is 56.7 Å². The Morgan fingerprint density at radius 1 is 1.24 bits per heavy atom. The molecule has 1 saturated carbocycles. The van der Waals surface area contributed by atoms with Crippen molar-refractivity contribution in [3.8, 4) is 0 Å². The minimum absolute atomic E-state index is 0. The van der Waals surface area contributed by atoms with E-state index >= 15 is 0 Å². The lowest BCUT2D eigenvalue weighted by atomic mass is 9.67. The summed E-state index contributed by atoms with van der Waals surface area (Å²) in [5.41, 5.74) is 0.433. The van der Waals surface area contributed by atoms with Crippen molar-refractivity contribution >= 4 is 35.8 Å². The van der Waals surface area contributed by atoms with E-state index in [-0.39, 0.29) is 29.9 Å².